The molecule has 4 aromatic rings. The van der Waals surface area contributed by atoms with Crippen LogP contribution in [0, 0.1) is 13.8 Å². The van der Waals surface area contributed by atoms with Gasteiger partial charge in [-0.25, -0.2) is 4.98 Å². The molecule has 1 N–H and O–H groups in total. The van der Waals surface area contributed by atoms with Crippen LogP contribution in [0.3, 0.4) is 0 Å². The van der Waals surface area contributed by atoms with E-state index in [1.165, 1.54) is 11.8 Å². The number of thioether (sulfide) groups is 1. The van der Waals surface area contributed by atoms with Gasteiger partial charge < -0.3 is 9.88 Å². The summed E-state index contributed by atoms with van der Waals surface area (Å²) in [6, 6.07) is 17.8. The summed E-state index contributed by atoms with van der Waals surface area (Å²) in [5, 5.41) is 12.2. The summed E-state index contributed by atoms with van der Waals surface area (Å²) in [5.74, 6) is 0.214. The topological polar surface area (TPSA) is 72.7 Å². The van der Waals surface area contributed by atoms with E-state index in [0.29, 0.717) is 5.03 Å². The van der Waals surface area contributed by atoms with Crippen molar-refractivity contribution in [3.63, 3.8) is 0 Å². The summed E-state index contributed by atoms with van der Waals surface area (Å²) in [6.07, 6.45) is 5.41. The van der Waals surface area contributed by atoms with Crippen molar-refractivity contribution in [3.05, 3.63) is 84.4 Å². The van der Waals surface area contributed by atoms with Gasteiger partial charge >= 0.3 is 0 Å². The number of hydrogen-bond acceptors (Lipinski definition) is 5. The van der Waals surface area contributed by atoms with Crippen molar-refractivity contribution in [3.8, 4) is 16.9 Å². The zero-order chi connectivity index (χ0) is 20.9. The van der Waals surface area contributed by atoms with E-state index in [2.05, 4.69) is 26.6 Å². The first kappa shape index (κ1) is 19.8. The molecular formula is C23H21N5OS. The van der Waals surface area contributed by atoms with Crippen LogP contribution in [0.25, 0.3) is 16.9 Å². The lowest BCUT2D eigenvalue weighted by molar-refractivity contribution is -0.113. The minimum atomic E-state index is -0.0639. The molecule has 2 aromatic carbocycles. The maximum Gasteiger partial charge on any atom is 0.234 e. The number of anilines is 1. The number of nitrogens with zero attached hydrogens (tertiary/aromatic N) is 4. The Kier molecular flexibility index (Phi) is 5.90. The highest BCUT2D eigenvalue weighted by Gasteiger charge is 2.07. The first-order valence-corrected chi connectivity index (χ1v) is 10.5. The fourth-order valence-corrected chi connectivity index (χ4v) is 3.76. The molecule has 6 nitrogen and oxygen atoms in total. The average molecular weight is 416 g/mol. The van der Waals surface area contributed by atoms with Gasteiger partial charge in [-0.2, -0.15) is 0 Å². The Morgan fingerprint density at radius 2 is 1.77 bits per heavy atom. The SMILES string of the molecule is Cc1cc(C)cc(NC(=O)CSc2ccc(-c3ccc(-n4ccnc4)cc3)nn2)c1. The minimum Gasteiger partial charge on any atom is -0.325 e. The number of nitrogens with one attached hydrogen (secondary N) is 1. The number of aryl methyl sites for hydroxylation is 2. The first-order valence-electron chi connectivity index (χ1n) is 9.50. The molecule has 0 radical (unpaired) electrons. The zero-order valence-corrected chi connectivity index (χ0v) is 17.6. The maximum atomic E-state index is 12.2. The van der Waals surface area contributed by atoms with Crippen molar-refractivity contribution in [2.75, 3.05) is 11.1 Å². The van der Waals surface area contributed by atoms with E-state index in [0.717, 1.165) is 33.8 Å². The molecule has 0 spiro atoms. The van der Waals surface area contributed by atoms with E-state index in [-0.39, 0.29) is 11.7 Å². The average Bonchev–Trinajstić information content (AvgIpc) is 3.27. The van der Waals surface area contributed by atoms with Crippen LogP contribution >= 0.6 is 11.8 Å². The van der Waals surface area contributed by atoms with Gasteiger partial charge in [0.2, 0.25) is 5.91 Å². The molecule has 0 saturated carbocycles. The standard InChI is InChI=1S/C23H21N5OS/c1-16-11-17(2)13-19(12-16)25-22(29)14-30-23-8-7-21(26-27-23)18-3-5-20(6-4-18)28-10-9-24-15-28/h3-13,15H,14H2,1-2H3,(H,25,29). The molecule has 0 atom stereocenters. The van der Waals surface area contributed by atoms with Gasteiger partial charge in [0.1, 0.15) is 5.03 Å². The molecule has 0 aliphatic heterocycles. The molecule has 2 aromatic heterocycles. The molecule has 0 fully saturated rings. The van der Waals surface area contributed by atoms with Crippen molar-refractivity contribution in [2.24, 2.45) is 0 Å². The fraction of sp³-hybridized carbons (Fsp3) is 0.130. The Hall–Kier alpha value is -3.45. The van der Waals surface area contributed by atoms with Crippen molar-refractivity contribution in [1.29, 1.82) is 0 Å². The Balaban J connectivity index is 1.35. The first-order chi connectivity index (χ1) is 14.6. The van der Waals surface area contributed by atoms with Crippen molar-refractivity contribution in [2.45, 2.75) is 18.9 Å². The third-order valence-corrected chi connectivity index (χ3v) is 5.38. The van der Waals surface area contributed by atoms with Crippen molar-refractivity contribution >= 4 is 23.4 Å². The summed E-state index contributed by atoms with van der Waals surface area (Å²) in [5.41, 5.74) is 5.87. The normalized spacial score (nSPS) is 10.7. The van der Waals surface area contributed by atoms with Gasteiger partial charge in [-0.15, -0.1) is 10.2 Å². The van der Waals surface area contributed by atoms with Gasteiger partial charge in [-0.05, 0) is 61.4 Å². The summed E-state index contributed by atoms with van der Waals surface area (Å²) < 4.78 is 1.94. The van der Waals surface area contributed by atoms with Gasteiger partial charge in [0, 0.05) is 29.3 Å². The van der Waals surface area contributed by atoms with E-state index >= 15 is 0 Å². The monoisotopic (exact) mass is 415 g/mol. The van der Waals surface area contributed by atoms with Gasteiger partial charge in [-0.1, -0.05) is 30.0 Å². The lowest BCUT2D eigenvalue weighted by atomic mass is 10.1. The number of benzene rings is 2. The molecule has 7 heteroatoms. The second kappa shape index (κ2) is 8.92. The zero-order valence-electron chi connectivity index (χ0n) is 16.7. The minimum absolute atomic E-state index is 0.0639. The third kappa shape index (κ3) is 4.93. The fourth-order valence-electron chi connectivity index (χ4n) is 3.15. The predicted molar refractivity (Wildman–Crippen MR) is 120 cm³/mol. The lowest BCUT2D eigenvalue weighted by Gasteiger charge is -2.07. The number of hydrogen-bond donors (Lipinski definition) is 1. The Morgan fingerprint density at radius 1 is 1.00 bits per heavy atom. The van der Waals surface area contributed by atoms with Crippen LogP contribution in [0.4, 0.5) is 5.69 Å². The maximum absolute atomic E-state index is 12.2. The third-order valence-electron chi connectivity index (χ3n) is 4.46. The highest BCUT2D eigenvalue weighted by Crippen LogP contribution is 2.22. The van der Waals surface area contributed by atoms with Crippen LogP contribution in [0.2, 0.25) is 0 Å². The number of amides is 1. The van der Waals surface area contributed by atoms with E-state index < -0.39 is 0 Å². The second-order valence-corrected chi connectivity index (χ2v) is 7.98. The van der Waals surface area contributed by atoms with E-state index in [4.69, 9.17) is 0 Å². The molecule has 1 amide bonds. The molecule has 4 rings (SSSR count). The van der Waals surface area contributed by atoms with Crippen molar-refractivity contribution in [1.82, 2.24) is 19.7 Å². The number of rotatable bonds is 6. The summed E-state index contributed by atoms with van der Waals surface area (Å²) >= 11 is 1.36. The summed E-state index contributed by atoms with van der Waals surface area (Å²) in [4.78, 5) is 16.3. The van der Waals surface area contributed by atoms with Gasteiger partial charge in [0.15, 0.2) is 0 Å². The largest absolute Gasteiger partial charge is 0.325 e. The molecule has 0 bridgehead atoms. The van der Waals surface area contributed by atoms with E-state index in [1.807, 2.05) is 73.1 Å². The second-order valence-electron chi connectivity index (χ2n) is 6.99. The molecule has 2 heterocycles. The van der Waals surface area contributed by atoms with E-state index in [9.17, 15) is 4.79 Å². The predicted octanol–water partition coefficient (Wildman–Crippen LogP) is 4.68. The number of carbonyl (C=O) groups excluding carboxylic acids is 1. The van der Waals surface area contributed by atoms with Crippen LogP contribution in [-0.4, -0.2) is 31.4 Å². The molecule has 30 heavy (non-hydrogen) atoms. The van der Waals surface area contributed by atoms with Crippen LogP contribution < -0.4 is 5.32 Å². The highest BCUT2D eigenvalue weighted by molar-refractivity contribution is 7.99. The highest BCUT2D eigenvalue weighted by atomic mass is 32.2. The smallest absolute Gasteiger partial charge is 0.234 e. The van der Waals surface area contributed by atoms with Crippen LogP contribution in [0.5, 0.6) is 0 Å². The lowest BCUT2D eigenvalue weighted by Crippen LogP contribution is -2.14. The van der Waals surface area contributed by atoms with Gasteiger partial charge in [0.05, 0.1) is 17.8 Å². The van der Waals surface area contributed by atoms with Crippen molar-refractivity contribution < 1.29 is 4.79 Å². The van der Waals surface area contributed by atoms with Crippen LogP contribution in [-0.2, 0) is 4.79 Å². The van der Waals surface area contributed by atoms with Crippen LogP contribution in [0.15, 0.2) is 78.3 Å². The molecule has 150 valence electrons. The molecule has 0 unspecified atom stereocenters. The summed E-state index contributed by atoms with van der Waals surface area (Å²) in [6.45, 7) is 4.03. The quantitative estimate of drug-likeness (QED) is 0.463. The number of aromatic nitrogens is 4. The molecular weight excluding hydrogens is 394 g/mol. The number of imidazole rings is 1. The Labute approximate surface area is 179 Å². The Morgan fingerprint density at radius 3 is 2.40 bits per heavy atom. The number of carbonyl (C=O) groups is 1. The van der Waals surface area contributed by atoms with E-state index in [1.54, 1.807) is 12.5 Å². The van der Waals surface area contributed by atoms with Gasteiger partial charge in [0.25, 0.3) is 0 Å². The molecule has 0 aliphatic rings. The molecule has 0 aliphatic carbocycles. The van der Waals surface area contributed by atoms with Gasteiger partial charge in [-0.3, -0.25) is 4.79 Å². The Bertz CT molecular complexity index is 1120. The van der Waals surface area contributed by atoms with Crippen LogP contribution in [0.1, 0.15) is 11.1 Å². The summed E-state index contributed by atoms with van der Waals surface area (Å²) in [7, 11) is 0. The molecule has 0 saturated heterocycles.